The van der Waals surface area contributed by atoms with Crippen LogP contribution in [0.1, 0.15) is 36.8 Å². The van der Waals surface area contributed by atoms with E-state index in [0.29, 0.717) is 56.6 Å². The second-order valence-electron chi connectivity index (χ2n) is 10.9. The number of hydrogen-bond acceptors (Lipinski definition) is 5. The molecule has 0 radical (unpaired) electrons. The molecule has 1 amide bonds. The van der Waals surface area contributed by atoms with E-state index in [2.05, 4.69) is 4.74 Å². The maximum absolute atomic E-state index is 13.4. The molecule has 1 aromatic rings. The summed E-state index contributed by atoms with van der Waals surface area (Å²) >= 11 is 0. The van der Waals surface area contributed by atoms with E-state index in [9.17, 15) is 54.2 Å². The molecule has 16 heteroatoms. The highest BCUT2D eigenvalue weighted by Crippen LogP contribution is 2.43. The van der Waals surface area contributed by atoms with Gasteiger partial charge in [0.05, 0.1) is 11.5 Å². The lowest BCUT2D eigenvalue weighted by Gasteiger charge is -2.54. The average Bonchev–Trinajstić information content (AvgIpc) is 2.85. The van der Waals surface area contributed by atoms with E-state index in [-0.39, 0.29) is 31.6 Å². The summed E-state index contributed by atoms with van der Waals surface area (Å²) in [7, 11) is 0. The number of carboxylic acids is 1. The number of carbonyl (C=O) groups excluding carboxylic acids is 1. The summed E-state index contributed by atoms with van der Waals surface area (Å²) in [5, 5.41) is 9.24. The summed E-state index contributed by atoms with van der Waals surface area (Å²) < 4.78 is 120. The smallest absolute Gasteiger partial charge is 0.434 e. The predicted octanol–water partition coefficient (Wildman–Crippen LogP) is 5.53. The van der Waals surface area contributed by atoms with Gasteiger partial charge in [-0.15, -0.1) is 0 Å². The van der Waals surface area contributed by atoms with E-state index in [1.165, 1.54) is 6.07 Å². The molecular formula is C25H28F9N3O4. The van der Waals surface area contributed by atoms with Crippen LogP contribution in [-0.2, 0) is 22.3 Å². The number of nitrogens with zero attached hydrogens (tertiary/aromatic N) is 3. The van der Waals surface area contributed by atoms with Crippen molar-refractivity contribution in [1.29, 1.82) is 0 Å². The molecule has 41 heavy (non-hydrogen) atoms. The molecule has 0 aliphatic carbocycles. The van der Waals surface area contributed by atoms with Crippen LogP contribution in [-0.4, -0.2) is 84.7 Å². The quantitative estimate of drug-likeness (QED) is 0.445. The van der Waals surface area contributed by atoms with E-state index in [1.807, 2.05) is 4.90 Å². The summed E-state index contributed by atoms with van der Waals surface area (Å²) in [6.07, 6.45) is -20.9. The lowest BCUT2D eigenvalue weighted by molar-refractivity contribution is -0.308. The van der Waals surface area contributed by atoms with Gasteiger partial charge >= 0.3 is 30.6 Å². The Kier molecular flexibility index (Phi) is 8.37. The van der Waals surface area contributed by atoms with E-state index in [4.69, 9.17) is 0 Å². The third kappa shape index (κ3) is 7.12. The fourth-order valence-electron chi connectivity index (χ4n) is 5.77. The predicted molar refractivity (Wildman–Crippen MR) is 125 cm³/mol. The van der Waals surface area contributed by atoms with Crippen LogP contribution in [0.25, 0.3) is 0 Å². The van der Waals surface area contributed by atoms with Gasteiger partial charge in [-0.25, -0.2) is 4.79 Å². The number of piperidine rings is 2. The minimum Gasteiger partial charge on any atom is -0.481 e. The number of benzene rings is 1. The van der Waals surface area contributed by atoms with Crippen molar-refractivity contribution in [3.63, 3.8) is 0 Å². The molecule has 4 rings (SSSR count). The van der Waals surface area contributed by atoms with Crippen molar-refractivity contribution in [2.45, 2.75) is 56.9 Å². The van der Waals surface area contributed by atoms with Crippen LogP contribution in [0.3, 0.4) is 0 Å². The minimum atomic E-state index is -5.80. The number of halogens is 9. The third-order valence-electron chi connectivity index (χ3n) is 8.01. The van der Waals surface area contributed by atoms with Crippen molar-refractivity contribution >= 4 is 17.7 Å². The number of ether oxygens (including phenoxy) is 1. The Morgan fingerprint density at radius 2 is 1.49 bits per heavy atom. The van der Waals surface area contributed by atoms with E-state index in [0.717, 1.165) is 17.0 Å². The van der Waals surface area contributed by atoms with Gasteiger partial charge in [-0.2, -0.15) is 39.5 Å². The Morgan fingerprint density at radius 3 is 1.98 bits per heavy atom. The summed E-state index contributed by atoms with van der Waals surface area (Å²) in [5.74, 6) is -1.51. The molecule has 0 aromatic heterocycles. The molecule has 3 fully saturated rings. The minimum absolute atomic E-state index is 0.0981. The van der Waals surface area contributed by atoms with E-state index >= 15 is 0 Å². The van der Waals surface area contributed by atoms with Gasteiger partial charge in [0.2, 0.25) is 0 Å². The van der Waals surface area contributed by atoms with Gasteiger partial charge in [0.15, 0.2) is 0 Å². The Bertz CT molecular complexity index is 1100. The Hall–Kier alpha value is -2.91. The molecule has 1 spiro atoms. The zero-order chi connectivity index (χ0) is 30.4. The van der Waals surface area contributed by atoms with Crippen LogP contribution in [0, 0.1) is 11.3 Å². The van der Waals surface area contributed by atoms with Crippen molar-refractivity contribution < 1.29 is 58.9 Å². The highest BCUT2D eigenvalue weighted by molar-refractivity contribution is 5.70. The fraction of sp³-hybridized carbons (Fsp3) is 0.680. The van der Waals surface area contributed by atoms with Gasteiger partial charge in [0, 0.05) is 51.5 Å². The van der Waals surface area contributed by atoms with Crippen molar-refractivity contribution in [2.24, 2.45) is 11.3 Å². The summed E-state index contributed by atoms with van der Waals surface area (Å²) in [6, 6.07) is 3.44. The van der Waals surface area contributed by atoms with E-state index < -0.39 is 48.2 Å². The molecule has 3 saturated heterocycles. The number of anilines is 1. The first-order valence-corrected chi connectivity index (χ1v) is 12.9. The second-order valence-corrected chi connectivity index (χ2v) is 10.9. The summed E-state index contributed by atoms with van der Waals surface area (Å²) in [5.41, 5.74) is -0.177. The van der Waals surface area contributed by atoms with Gasteiger partial charge < -0.3 is 19.6 Å². The normalized spacial score (nSPS) is 20.8. The molecule has 1 N–H and O–H groups in total. The van der Waals surface area contributed by atoms with Crippen molar-refractivity contribution in [3.05, 3.63) is 29.3 Å². The standard InChI is InChI=1S/C25H28F9N3O4/c26-23(27,28)17-2-1-16(18(11-17)36-7-3-15(4-8-36)19(38)39)12-35-13-22(14-35)5-9-37(10-6-22)21(40)41-20(24(29,30)31)25(32,33)34/h1-2,11,15,20H,3-10,12-14H2,(H,38,39). The number of aliphatic carboxylic acids is 1. The zero-order valence-electron chi connectivity index (χ0n) is 21.6. The lowest BCUT2D eigenvalue weighted by atomic mass is 9.72. The number of likely N-dealkylation sites (tertiary alicyclic amines) is 2. The maximum atomic E-state index is 13.4. The maximum Gasteiger partial charge on any atom is 0.434 e. The zero-order valence-corrected chi connectivity index (χ0v) is 21.6. The van der Waals surface area contributed by atoms with Gasteiger partial charge in [-0.05, 0) is 48.8 Å². The highest BCUT2D eigenvalue weighted by Gasteiger charge is 2.60. The SMILES string of the molecule is O=C(O)C1CCN(c2cc(C(F)(F)F)ccc2CN2CC3(CCN(C(=O)OC(C(F)(F)F)C(F)(F)F)CC3)C2)CC1. The Morgan fingerprint density at radius 1 is 0.927 bits per heavy atom. The summed E-state index contributed by atoms with van der Waals surface area (Å²) in [6.45, 7) is 1.61. The fourth-order valence-corrected chi connectivity index (χ4v) is 5.77. The van der Waals surface area contributed by atoms with Gasteiger partial charge in [0.25, 0.3) is 6.10 Å². The molecule has 3 aliphatic heterocycles. The van der Waals surface area contributed by atoms with Gasteiger partial charge in [0.1, 0.15) is 0 Å². The van der Waals surface area contributed by atoms with Crippen molar-refractivity contribution in [1.82, 2.24) is 9.80 Å². The van der Waals surface area contributed by atoms with Crippen LogP contribution in [0.5, 0.6) is 0 Å². The molecule has 0 atom stereocenters. The molecule has 3 aliphatic rings. The van der Waals surface area contributed by atoms with Gasteiger partial charge in [-0.1, -0.05) is 6.07 Å². The summed E-state index contributed by atoms with van der Waals surface area (Å²) in [4.78, 5) is 27.9. The van der Waals surface area contributed by atoms with E-state index in [1.54, 1.807) is 4.90 Å². The molecular weight excluding hydrogens is 577 g/mol. The number of carboxylic acid groups (broad SMARTS) is 1. The number of carbonyl (C=O) groups is 2. The van der Waals surface area contributed by atoms with Crippen LogP contribution in [0.15, 0.2) is 18.2 Å². The van der Waals surface area contributed by atoms with Crippen LogP contribution >= 0.6 is 0 Å². The molecule has 7 nitrogen and oxygen atoms in total. The average molecular weight is 605 g/mol. The third-order valence-corrected chi connectivity index (χ3v) is 8.01. The topological polar surface area (TPSA) is 73.3 Å². The van der Waals surface area contributed by atoms with Crippen LogP contribution in [0.2, 0.25) is 0 Å². The van der Waals surface area contributed by atoms with Crippen LogP contribution in [0.4, 0.5) is 50.0 Å². The number of alkyl halides is 9. The van der Waals surface area contributed by atoms with Crippen LogP contribution < -0.4 is 4.90 Å². The number of hydrogen-bond donors (Lipinski definition) is 1. The molecule has 0 unspecified atom stereocenters. The van der Waals surface area contributed by atoms with Gasteiger partial charge in [-0.3, -0.25) is 9.69 Å². The molecule has 0 saturated carbocycles. The first kappa shape index (κ1) is 31.0. The Balaban J connectivity index is 1.36. The van der Waals surface area contributed by atoms with Crippen molar-refractivity contribution in [3.8, 4) is 0 Å². The molecule has 1 aromatic carbocycles. The molecule has 230 valence electrons. The molecule has 3 heterocycles. The number of rotatable bonds is 5. The molecule has 0 bridgehead atoms. The monoisotopic (exact) mass is 605 g/mol. The highest BCUT2D eigenvalue weighted by atomic mass is 19.4. The Labute approximate surface area is 228 Å². The first-order valence-electron chi connectivity index (χ1n) is 12.9. The van der Waals surface area contributed by atoms with Crippen molar-refractivity contribution in [2.75, 3.05) is 44.2 Å². The number of amides is 1. The second kappa shape index (κ2) is 11.1. The first-order chi connectivity index (χ1) is 18.9. The lowest BCUT2D eigenvalue weighted by Crippen LogP contribution is -2.60. The largest absolute Gasteiger partial charge is 0.481 e.